The molecule has 1 amide bonds. The number of sulfonamides is 1. The summed E-state index contributed by atoms with van der Waals surface area (Å²) in [6.45, 7) is 5.73. The molecule has 1 aromatic rings. The van der Waals surface area contributed by atoms with Gasteiger partial charge in [0.2, 0.25) is 15.9 Å². The van der Waals surface area contributed by atoms with Crippen molar-refractivity contribution in [2.24, 2.45) is 5.41 Å². The van der Waals surface area contributed by atoms with Gasteiger partial charge in [0.25, 0.3) is 0 Å². The second-order valence-corrected chi connectivity index (χ2v) is 10.8. The summed E-state index contributed by atoms with van der Waals surface area (Å²) in [6, 6.07) is 8.39. The molecule has 29 heavy (non-hydrogen) atoms. The molecular weight excluding hydrogens is 386 g/mol. The molecule has 1 aliphatic carbocycles. The van der Waals surface area contributed by atoms with Crippen LogP contribution >= 0.6 is 0 Å². The topological polar surface area (TPSA) is 69.7 Å². The van der Waals surface area contributed by atoms with Crippen molar-refractivity contribution in [3.05, 3.63) is 35.4 Å². The Labute approximate surface area is 174 Å². The number of amides is 1. The van der Waals surface area contributed by atoms with Crippen molar-refractivity contribution in [1.29, 1.82) is 0 Å². The highest BCUT2D eigenvalue weighted by Crippen LogP contribution is 2.46. The van der Waals surface area contributed by atoms with Crippen LogP contribution in [0.25, 0.3) is 0 Å². The van der Waals surface area contributed by atoms with Crippen molar-refractivity contribution in [1.82, 2.24) is 14.5 Å². The average Bonchev–Trinajstić information content (AvgIpc) is 2.73. The maximum atomic E-state index is 13.3. The van der Waals surface area contributed by atoms with Gasteiger partial charge in [0.15, 0.2) is 0 Å². The Hall–Kier alpha value is -1.44. The van der Waals surface area contributed by atoms with E-state index in [1.54, 1.807) is 4.31 Å². The number of carbonyl (C=O) groups is 1. The van der Waals surface area contributed by atoms with E-state index in [-0.39, 0.29) is 17.7 Å². The molecule has 2 fully saturated rings. The number of nitrogens with one attached hydrogen (secondary N) is 1. The maximum Gasteiger partial charge on any atom is 0.227 e. The Bertz CT molecular complexity index is 857. The molecule has 0 bridgehead atoms. The van der Waals surface area contributed by atoms with Gasteiger partial charge in [-0.15, -0.1) is 0 Å². The lowest BCUT2D eigenvalue weighted by Crippen LogP contribution is -2.62. The molecule has 1 aromatic carbocycles. The highest BCUT2D eigenvalue weighted by Gasteiger charge is 2.54. The fraction of sp³-hybridized carbons (Fsp3) is 0.682. The molecule has 4 rings (SSSR count). The van der Waals surface area contributed by atoms with Gasteiger partial charge in [-0.25, -0.2) is 8.42 Å². The van der Waals surface area contributed by atoms with Crippen LogP contribution in [-0.4, -0.2) is 61.5 Å². The van der Waals surface area contributed by atoms with Crippen molar-refractivity contribution in [2.45, 2.75) is 58.0 Å². The number of hydrogen-bond donors (Lipinski definition) is 1. The first-order chi connectivity index (χ1) is 14.0. The molecule has 2 aliphatic heterocycles. The van der Waals surface area contributed by atoms with Gasteiger partial charge >= 0.3 is 0 Å². The third kappa shape index (κ3) is 3.97. The van der Waals surface area contributed by atoms with Gasteiger partial charge in [-0.05, 0) is 36.8 Å². The van der Waals surface area contributed by atoms with Crippen molar-refractivity contribution < 1.29 is 13.2 Å². The van der Waals surface area contributed by atoms with E-state index >= 15 is 0 Å². The number of nitrogens with zero attached hydrogens (tertiary/aromatic N) is 2. The average molecular weight is 420 g/mol. The maximum absolute atomic E-state index is 13.3. The van der Waals surface area contributed by atoms with Gasteiger partial charge in [0.1, 0.15) is 0 Å². The van der Waals surface area contributed by atoms with Crippen LogP contribution in [0.2, 0.25) is 0 Å². The first-order valence-corrected chi connectivity index (χ1v) is 12.6. The standard InChI is InChI=1S/C22H33N3O3S/c1-2-25-20-9-5-6-11-22(20,12-16-29(25,27)28)21(26)23-13-15-24-14-10-18-7-3-4-8-19(18)17-24/h3-4,7-8,20H,2,5-6,9-17H2,1H3,(H,23,26)/t20-,22-/m1/s1. The van der Waals surface area contributed by atoms with Crippen LogP contribution in [-0.2, 0) is 27.8 Å². The molecule has 2 atom stereocenters. The summed E-state index contributed by atoms with van der Waals surface area (Å²) >= 11 is 0. The Kier molecular flexibility index (Phi) is 6.00. The smallest absolute Gasteiger partial charge is 0.227 e. The number of carbonyl (C=O) groups excluding carboxylic acids is 1. The van der Waals surface area contributed by atoms with Crippen LogP contribution in [0.1, 0.15) is 50.2 Å². The third-order valence-electron chi connectivity index (χ3n) is 7.19. The predicted octanol–water partition coefficient (Wildman–Crippen LogP) is 2.15. The molecular formula is C22H33N3O3S. The molecule has 0 aromatic heterocycles. The second-order valence-electron chi connectivity index (χ2n) is 8.74. The summed E-state index contributed by atoms with van der Waals surface area (Å²) < 4.78 is 26.7. The largest absolute Gasteiger partial charge is 0.354 e. The van der Waals surface area contributed by atoms with Crippen LogP contribution in [0.4, 0.5) is 0 Å². The molecule has 0 spiro atoms. The Morgan fingerprint density at radius 1 is 1.21 bits per heavy atom. The van der Waals surface area contributed by atoms with E-state index in [1.165, 1.54) is 11.1 Å². The lowest BCUT2D eigenvalue weighted by atomic mass is 9.67. The quantitative estimate of drug-likeness (QED) is 0.794. The molecule has 7 heteroatoms. The van der Waals surface area contributed by atoms with E-state index in [9.17, 15) is 13.2 Å². The van der Waals surface area contributed by atoms with Gasteiger partial charge < -0.3 is 5.32 Å². The highest BCUT2D eigenvalue weighted by molar-refractivity contribution is 7.89. The van der Waals surface area contributed by atoms with Crippen LogP contribution in [0.15, 0.2) is 24.3 Å². The fourth-order valence-electron chi connectivity index (χ4n) is 5.60. The molecule has 0 radical (unpaired) electrons. The lowest BCUT2D eigenvalue weighted by Gasteiger charge is -2.50. The normalized spacial score (nSPS) is 29.6. The zero-order valence-corrected chi connectivity index (χ0v) is 18.2. The molecule has 3 aliphatic rings. The fourth-order valence-corrected chi connectivity index (χ4v) is 7.54. The van der Waals surface area contributed by atoms with Crippen molar-refractivity contribution in [2.75, 3.05) is 31.9 Å². The minimum Gasteiger partial charge on any atom is -0.354 e. The molecule has 1 saturated heterocycles. The van der Waals surface area contributed by atoms with Gasteiger partial charge in [-0.2, -0.15) is 4.31 Å². The summed E-state index contributed by atoms with van der Waals surface area (Å²) in [5.41, 5.74) is 2.26. The summed E-state index contributed by atoms with van der Waals surface area (Å²) in [5.74, 6) is 0.154. The molecule has 2 heterocycles. The van der Waals surface area contributed by atoms with Crippen LogP contribution in [0, 0.1) is 5.41 Å². The summed E-state index contributed by atoms with van der Waals surface area (Å²) in [7, 11) is -3.24. The number of rotatable bonds is 5. The van der Waals surface area contributed by atoms with Gasteiger partial charge in [-0.3, -0.25) is 9.69 Å². The van der Waals surface area contributed by atoms with Crippen molar-refractivity contribution in [3.63, 3.8) is 0 Å². The number of fused-ring (bicyclic) bond motifs is 2. The summed E-state index contributed by atoms with van der Waals surface area (Å²) in [5, 5.41) is 3.18. The van der Waals surface area contributed by atoms with Gasteiger partial charge in [-0.1, -0.05) is 44.0 Å². The van der Waals surface area contributed by atoms with Gasteiger partial charge in [0.05, 0.1) is 11.2 Å². The van der Waals surface area contributed by atoms with E-state index in [4.69, 9.17) is 0 Å². The molecule has 1 saturated carbocycles. The molecule has 1 N–H and O–H groups in total. The zero-order valence-electron chi connectivity index (χ0n) is 17.4. The van der Waals surface area contributed by atoms with E-state index in [2.05, 4.69) is 34.5 Å². The number of hydrogen-bond acceptors (Lipinski definition) is 4. The van der Waals surface area contributed by atoms with Gasteiger partial charge in [0, 0.05) is 38.8 Å². The lowest BCUT2D eigenvalue weighted by molar-refractivity contribution is -0.137. The first-order valence-electron chi connectivity index (χ1n) is 11.0. The predicted molar refractivity (Wildman–Crippen MR) is 114 cm³/mol. The minimum absolute atomic E-state index is 0.0629. The van der Waals surface area contributed by atoms with E-state index in [1.807, 2.05) is 6.92 Å². The van der Waals surface area contributed by atoms with Crippen molar-refractivity contribution >= 4 is 15.9 Å². The Morgan fingerprint density at radius 2 is 2.00 bits per heavy atom. The summed E-state index contributed by atoms with van der Waals surface area (Å²) in [6.07, 6.45) is 5.11. The van der Waals surface area contributed by atoms with Crippen LogP contribution in [0.5, 0.6) is 0 Å². The Morgan fingerprint density at radius 3 is 2.79 bits per heavy atom. The summed E-state index contributed by atoms with van der Waals surface area (Å²) in [4.78, 5) is 15.7. The van der Waals surface area contributed by atoms with Crippen molar-refractivity contribution in [3.8, 4) is 0 Å². The third-order valence-corrected chi connectivity index (χ3v) is 9.13. The minimum atomic E-state index is -3.24. The molecule has 160 valence electrons. The van der Waals surface area contributed by atoms with Crippen LogP contribution < -0.4 is 5.32 Å². The zero-order chi connectivity index (χ0) is 20.5. The second kappa shape index (κ2) is 8.36. The van der Waals surface area contributed by atoms with E-state index in [0.29, 0.717) is 19.5 Å². The van der Waals surface area contributed by atoms with Crippen LogP contribution in [0.3, 0.4) is 0 Å². The monoisotopic (exact) mass is 419 g/mol. The first kappa shape index (κ1) is 20.8. The Balaban J connectivity index is 1.38. The van der Waals surface area contributed by atoms with E-state index in [0.717, 1.165) is 51.7 Å². The molecule has 0 unspecified atom stereocenters. The molecule has 6 nitrogen and oxygen atoms in total. The number of benzene rings is 1. The highest BCUT2D eigenvalue weighted by atomic mass is 32.2. The van der Waals surface area contributed by atoms with E-state index < -0.39 is 15.4 Å². The SMILES string of the molecule is CCN1[C@@H]2CCCC[C@@]2(C(=O)NCCN2CCc3ccccc3C2)CCS1(=O)=O.